The Bertz CT molecular complexity index is 758. The molecule has 0 aliphatic rings. The molecule has 0 aliphatic carbocycles. The van der Waals surface area contributed by atoms with Gasteiger partial charge in [0, 0.05) is 4.88 Å². The number of H-pyrrole nitrogens is 1. The van der Waals surface area contributed by atoms with E-state index < -0.39 is 5.97 Å². The number of aromatic carboxylic acids is 1. The smallest absolute Gasteiger partial charge is 0.335 e. The summed E-state index contributed by atoms with van der Waals surface area (Å²) in [5, 5.41) is 8.97. The molecule has 19 heavy (non-hydrogen) atoms. The number of thiophene rings is 1. The highest BCUT2D eigenvalue weighted by atomic mass is 32.1. The van der Waals surface area contributed by atoms with Gasteiger partial charge < -0.3 is 10.1 Å². The van der Waals surface area contributed by atoms with Gasteiger partial charge in [0.2, 0.25) is 0 Å². The fourth-order valence-electron chi connectivity index (χ4n) is 1.95. The number of fused-ring (bicyclic) bond motifs is 1. The second-order valence-electron chi connectivity index (χ2n) is 4.24. The fraction of sp³-hybridized carbons (Fsp3) is 0.143. The van der Waals surface area contributed by atoms with Crippen molar-refractivity contribution in [1.29, 1.82) is 0 Å². The summed E-state index contributed by atoms with van der Waals surface area (Å²) in [4.78, 5) is 21.0. The van der Waals surface area contributed by atoms with Crippen molar-refractivity contribution in [1.82, 2.24) is 9.97 Å². The zero-order valence-electron chi connectivity index (χ0n) is 10.3. The van der Waals surface area contributed by atoms with Crippen molar-refractivity contribution in [2.45, 2.75) is 13.3 Å². The Labute approximate surface area is 113 Å². The first-order valence-electron chi connectivity index (χ1n) is 5.99. The van der Waals surface area contributed by atoms with E-state index in [4.69, 9.17) is 5.11 Å². The summed E-state index contributed by atoms with van der Waals surface area (Å²) in [5.41, 5.74) is 1.80. The number of rotatable bonds is 3. The van der Waals surface area contributed by atoms with Gasteiger partial charge in [0.1, 0.15) is 5.82 Å². The number of carboxylic acid groups (broad SMARTS) is 1. The van der Waals surface area contributed by atoms with E-state index in [2.05, 4.69) is 23.0 Å². The van der Waals surface area contributed by atoms with Crippen LogP contribution in [0, 0.1) is 0 Å². The van der Waals surface area contributed by atoms with Gasteiger partial charge in [0.25, 0.3) is 0 Å². The maximum Gasteiger partial charge on any atom is 0.335 e. The van der Waals surface area contributed by atoms with Gasteiger partial charge >= 0.3 is 5.97 Å². The van der Waals surface area contributed by atoms with E-state index >= 15 is 0 Å². The van der Waals surface area contributed by atoms with Crippen molar-refractivity contribution in [3.8, 4) is 10.7 Å². The fourth-order valence-corrected chi connectivity index (χ4v) is 2.85. The van der Waals surface area contributed by atoms with E-state index in [0.717, 1.165) is 28.2 Å². The molecule has 0 fully saturated rings. The third-order valence-corrected chi connectivity index (χ3v) is 4.21. The lowest BCUT2D eigenvalue weighted by Crippen LogP contribution is -1.94. The summed E-state index contributed by atoms with van der Waals surface area (Å²) in [5.74, 6) is -0.135. The molecule has 0 amide bonds. The molecule has 0 unspecified atom stereocenters. The maximum absolute atomic E-state index is 10.9. The molecule has 5 heteroatoms. The molecule has 0 spiro atoms. The Balaban J connectivity index is 2.08. The zero-order valence-corrected chi connectivity index (χ0v) is 11.1. The molecule has 2 N–H and O–H groups in total. The standard InChI is InChI=1S/C14H12N2O2S/c1-2-9-4-6-12(19-9)13-15-10-5-3-8(14(17)18)7-11(10)16-13/h3-7H,2H2,1H3,(H,15,16)(H,17,18). The normalized spacial score (nSPS) is 11.0. The van der Waals surface area contributed by atoms with Gasteiger partial charge in [-0.25, -0.2) is 9.78 Å². The average Bonchev–Trinajstić information content (AvgIpc) is 3.03. The summed E-state index contributed by atoms with van der Waals surface area (Å²) < 4.78 is 0. The molecular weight excluding hydrogens is 260 g/mol. The summed E-state index contributed by atoms with van der Waals surface area (Å²) >= 11 is 1.70. The molecule has 0 saturated heterocycles. The van der Waals surface area contributed by atoms with E-state index in [1.54, 1.807) is 29.5 Å². The number of benzene rings is 1. The Hall–Kier alpha value is -2.14. The number of aromatic nitrogens is 2. The lowest BCUT2D eigenvalue weighted by molar-refractivity contribution is 0.0697. The molecule has 0 radical (unpaired) electrons. The first-order valence-corrected chi connectivity index (χ1v) is 6.81. The minimum Gasteiger partial charge on any atom is -0.478 e. The summed E-state index contributed by atoms with van der Waals surface area (Å²) in [7, 11) is 0. The Morgan fingerprint density at radius 2 is 2.21 bits per heavy atom. The number of hydrogen-bond acceptors (Lipinski definition) is 3. The lowest BCUT2D eigenvalue weighted by atomic mass is 10.2. The number of carbonyl (C=O) groups is 1. The predicted molar refractivity (Wildman–Crippen MR) is 75.7 cm³/mol. The molecule has 96 valence electrons. The van der Waals surface area contributed by atoms with Crippen LogP contribution in [0.15, 0.2) is 30.3 Å². The van der Waals surface area contributed by atoms with Gasteiger partial charge in [-0.15, -0.1) is 11.3 Å². The SMILES string of the molecule is CCc1ccc(-c2nc3ccc(C(=O)O)cc3[nH]2)s1. The maximum atomic E-state index is 10.9. The number of imidazole rings is 1. The van der Waals surface area contributed by atoms with Gasteiger partial charge in [-0.2, -0.15) is 0 Å². The molecule has 3 rings (SSSR count). The number of hydrogen-bond donors (Lipinski definition) is 2. The van der Waals surface area contributed by atoms with Crippen molar-refractivity contribution in [2.75, 3.05) is 0 Å². The Morgan fingerprint density at radius 3 is 2.89 bits per heavy atom. The van der Waals surface area contributed by atoms with Crippen LogP contribution < -0.4 is 0 Å². The molecular formula is C14H12N2O2S. The van der Waals surface area contributed by atoms with Crippen LogP contribution in [0.5, 0.6) is 0 Å². The molecule has 4 nitrogen and oxygen atoms in total. The van der Waals surface area contributed by atoms with Crippen molar-refractivity contribution in [2.24, 2.45) is 0 Å². The monoisotopic (exact) mass is 272 g/mol. The highest BCUT2D eigenvalue weighted by Crippen LogP contribution is 2.28. The van der Waals surface area contributed by atoms with Crippen LogP contribution in [0.4, 0.5) is 0 Å². The third-order valence-electron chi connectivity index (χ3n) is 2.97. The summed E-state index contributed by atoms with van der Waals surface area (Å²) in [6, 6.07) is 9.05. The third kappa shape index (κ3) is 2.13. The number of aryl methyl sites for hydroxylation is 1. The second kappa shape index (κ2) is 4.51. The molecule has 0 saturated carbocycles. The zero-order chi connectivity index (χ0) is 13.4. The summed E-state index contributed by atoms with van der Waals surface area (Å²) in [6.45, 7) is 2.12. The van der Waals surface area contributed by atoms with E-state index in [0.29, 0.717) is 0 Å². The Morgan fingerprint density at radius 1 is 1.37 bits per heavy atom. The minimum atomic E-state index is -0.928. The van der Waals surface area contributed by atoms with Gasteiger partial charge in [0.05, 0.1) is 21.5 Å². The molecule has 2 heterocycles. The van der Waals surface area contributed by atoms with E-state index in [-0.39, 0.29) is 5.56 Å². The topological polar surface area (TPSA) is 66.0 Å². The second-order valence-corrected chi connectivity index (χ2v) is 5.41. The van der Waals surface area contributed by atoms with Crippen LogP contribution in [0.25, 0.3) is 21.7 Å². The molecule has 0 atom stereocenters. The van der Waals surface area contributed by atoms with Gasteiger partial charge in [-0.3, -0.25) is 0 Å². The van der Waals surface area contributed by atoms with Gasteiger partial charge in [-0.1, -0.05) is 6.92 Å². The predicted octanol–water partition coefficient (Wildman–Crippen LogP) is 3.55. The van der Waals surface area contributed by atoms with E-state index in [9.17, 15) is 4.79 Å². The largest absolute Gasteiger partial charge is 0.478 e. The number of carboxylic acids is 1. The average molecular weight is 272 g/mol. The van der Waals surface area contributed by atoms with E-state index in [1.807, 2.05) is 6.07 Å². The number of nitrogens with one attached hydrogen (secondary N) is 1. The van der Waals surface area contributed by atoms with E-state index in [1.165, 1.54) is 4.88 Å². The van der Waals surface area contributed by atoms with Crippen molar-refractivity contribution in [3.05, 3.63) is 40.8 Å². The highest BCUT2D eigenvalue weighted by molar-refractivity contribution is 7.15. The summed E-state index contributed by atoms with van der Waals surface area (Å²) in [6.07, 6.45) is 1.01. The molecule has 0 bridgehead atoms. The Kier molecular flexibility index (Phi) is 2.83. The van der Waals surface area contributed by atoms with Crippen LogP contribution in [-0.4, -0.2) is 21.0 Å². The van der Waals surface area contributed by atoms with Crippen LogP contribution in [0.2, 0.25) is 0 Å². The number of nitrogens with zero attached hydrogens (tertiary/aromatic N) is 1. The van der Waals surface area contributed by atoms with Crippen molar-refractivity contribution < 1.29 is 9.90 Å². The quantitative estimate of drug-likeness (QED) is 0.766. The van der Waals surface area contributed by atoms with Gasteiger partial charge in [0.15, 0.2) is 0 Å². The molecule has 2 aromatic heterocycles. The number of aromatic amines is 1. The molecule has 0 aliphatic heterocycles. The first kappa shape index (κ1) is 11.9. The van der Waals surface area contributed by atoms with Crippen LogP contribution >= 0.6 is 11.3 Å². The lowest BCUT2D eigenvalue weighted by Gasteiger charge is -1.92. The first-order chi connectivity index (χ1) is 9.17. The van der Waals surface area contributed by atoms with Crippen molar-refractivity contribution >= 4 is 28.3 Å². The van der Waals surface area contributed by atoms with Gasteiger partial charge in [-0.05, 0) is 36.8 Å². The van der Waals surface area contributed by atoms with Crippen LogP contribution in [0.1, 0.15) is 22.2 Å². The van der Waals surface area contributed by atoms with Crippen LogP contribution in [-0.2, 0) is 6.42 Å². The minimum absolute atomic E-state index is 0.267. The highest BCUT2D eigenvalue weighted by Gasteiger charge is 2.10. The van der Waals surface area contributed by atoms with Crippen LogP contribution in [0.3, 0.4) is 0 Å². The molecule has 1 aromatic carbocycles. The molecule has 3 aromatic rings. The van der Waals surface area contributed by atoms with Crippen molar-refractivity contribution in [3.63, 3.8) is 0 Å².